The van der Waals surface area contributed by atoms with Crippen molar-refractivity contribution in [3.63, 3.8) is 0 Å². The van der Waals surface area contributed by atoms with Crippen LogP contribution in [-0.4, -0.2) is 24.9 Å². The van der Waals surface area contributed by atoms with Gasteiger partial charge in [0.1, 0.15) is 0 Å². The summed E-state index contributed by atoms with van der Waals surface area (Å²) in [4.78, 5) is 22.7. The Morgan fingerprint density at radius 3 is 2.67 bits per heavy atom. The van der Waals surface area contributed by atoms with E-state index < -0.39 is 18.4 Å². The van der Waals surface area contributed by atoms with Crippen LogP contribution >= 0.6 is 0 Å². The van der Waals surface area contributed by atoms with Gasteiger partial charge in [-0.3, -0.25) is 0 Å². The van der Waals surface area contributed by atoms with Crippen molar-refractivity contribution >= 4 is 12.1 Å². The van der Waals surface area contributed by atoms with Crippen LogP contribution in [0.2, 0.25) is 0 Å². The summed E-state index contributed by atoms with van der Waals surface area (Å²) in [7, 11) is 0. The molecular weight excluding hydrogens is 270 g/mol. The molecule has 1 atom stereocenters. The van der Waals surface area contributed by atoms with E-state index in [0.29, 0.717) is 12.1 Å². The van der Waals surface area contributed by atoms with Gasteiger partial charge in [-0.25, -0.2) is 9.59 Å². The van der Waals surface area contributed by atoms with Gasteiger partial charge >= 0.3 is 12.1 Å². The monoisotopic (exact) mass is 289 g/mol. The Morgan fingerprint density at radius 2 is 2.05 bits per heavy atom. The average Bonchev–Trinajstić information content (AvgIpc) is 2.72. The quantitative estimate of drug-likeness (QED) is 0.864. The van der Waals surface area contributed by atoms with Crippen LogP contribution in [0.1, 0.15) is 23.6 Å². The number of rotatable bonds is 4. The molecule has 1 heterocycles. The third-order valence-electron chi connectivity index (χ3n) is 3.41. The lowest BCUT2D eigenvalue weighted by atomic mass is 10.0. The standard InChI is InChI=1S/C16H19NO4/c1-10-4-5-13(8-11(10)2)6-7-17-16(19)21-14-9-12(3)15(18)20-14/h4-5,8-9,14H,6-7H2,1-3H3,(H,17,19). The molecule has 5 heteroatoms. The second-order valence-electron chi connectivity index (χ2n) is 5.12. The fourth-order valence-corrected chi connectivity index (χ4v) is 1.98. The number of cyclic esters (lactones) is 1. The number of nitrogens with one attached hydrogen (secondary N) is 1. The van der Waals surface area contributed by atoms with E-state index in [4.69, 9.17) is 9.47 Å². The largest absolute Gasteiger partial charge is 0.418 e. The van der Waals surface area contributed by atoms with Gasteiger partial charge in [0.2, 0.25) is 0 Å². The van der Waals surface area contributed by atoms with Gasteiger partial charge < -0.3 is 14.8 Å². The number of hydrogen-bond donors (Lipinski definition) is 1. The van der Waals surface area contributed by atoms with E-state index in [2.05, 4.69) is 31.3 Å². The molecule has 0 radical (unpaired) electrons. The Balaban J connectivity index is 1.74. The molecule has 0 fully saturated rings. The second-order valence-corrected chi connectivity index (χ2v) is 5.12. The van der Waals surface area contributed by atoms with Gasteiger partial charge in [0.25, 0.3) is 6.29 Å². The zero-order valence-electron chi connectivity index (χ0n) is 12.4. The molecule has 1 aromatic carbocycles. The number of ether oxygens (including phenoxy) is 2. The molecule has 0 saturated carbocycles. The van der Waals surface area contributed by atoms with Crippen LogP contribution in [0.25, 0.3) is 0 Å². The number of carbonyl (C=O) groups is 2. The highest BCUT2D eigenvalue weighted by Crippen LogP contribution is 2.14. The van der Waals surface area contributed by atoms with Crippen molar-refractivity contribution in [2.75, 3.05) is 6.54 Å². The van der Waals surface area contributed by atoms with E-state index in [-0.39, 0.29) is 0 Å². The van der Waals surface area contributed by atoms with Crippen molar-refractivity contribution in [3.8, 4) is 0 Å². The van der Waals surface area contributed by atoms with Gasteiger partial charge in [-0.1, -0.05) is 18.2 Å². The molecule has 0 spiro atoms. The topological polar surface area (TPSA) is 64.6 Å². The predicted octanol–water partition coefficient (Wildman–Crippen LogP) is 2.40. The maximum absolute atomic E-state index is 11.6. The highest BCUT2D eigenvalue weighted by molar-refractivity contribution is 5.90. The maximum atomic E-state index is 11.6. The first-order valence-electron chi connectivity index (χ1n) is 6.86. The third kappa shape index (κ3) is 4.08. The molecule has 0 aliphatic carbocycles. The number of esters is 1. The fraction of sp³-hybridized carbons (Fsp3) is 0.375. The van der Waals surface area contributed by atoms with E-state index in [9.17, 15) is 9.59 Å². The normalized spacial score (nSPS) is 17.2. The minimum absolute atomic E-state index is 0.447. The second kappa shape index (κ2) is 6.43. The Morgan fingerprint density at radius 1 is 1.29 bits per heavy atom. The van der Waals surface area contributed by atoms with Crippen LogP contribution < -0.4 is 5.32 Å². The van der Waals surface area contributed by atoms with E-state index in [1.807, 2.05) is 6.07 Å². The molecule has 0 aromatic heterocycles. The van der Waals surface area contributed by atoms with Gasteiger partial charge in [0.15, 0.2) is 0 Å². The summed E-state index contributed by atoms with van der Waals surface area (Å²) in [5, 5.41) is 2.64. The summed E-state index contributed by atoms with van der Waals surface area (Å²) >= 11 is 0. The van der Waals surface area contributed by atoms with Crippen LogP contribution in [0.4, 0.5) is 4.79 Å². The molecule has 0 bridgehead atoms. The summed E-state index contributed by atoms with van der Waals surface area (Å²) in [6.45, 7) is 6.20. The van der Waals surface area contributed by atoms with Crippen molar-refractivity contribution in [2.24, 2.45) is 0 Å². The zero-order chi connectivity index (χ0) is 15.4. The molecule has 0 saturated heterocycles. The molecule has 1 N–H and O–H groups in total. The Kier molecular flexibility index (Phi) is 4.62. The van der Waals surface area contributed by atoms with Crippen molar-refractivity contribution in [1.29, 1.82) is 0 Å². The van der Waals surface area contributed by atoms with E-state index in [1.54, 1.807) is 6.92 Å². The van der Waals surface area contributed by atoms with Gasteiger partial charge in [-0.2, -0.15) is 0 Å². The Labute approximate surface area is 123 Å². The molecule has 1 aliphatic heterocycles. The third-order valence-corrected chi connectivity index (χ3v) is 3.41. The molecular formula is C16H19NO4. The number of aryl methyl sites for hydroxylation is 2. The van der Waals surface area contributed by atoms with Crippen molar-refractivity contribution in [3.05, 3.63) is 46.5 Å². The number of hydrogen-bond acceptors (Lipinski definition) is 4. The first-order valence-corrected chi connectivity index (χ1v) is 6.86. The van der Waals surface area contributed by atoms with E-state index in [1.165, 1.54) is 17.2 Å². The summed E-state index contributed by atoms with van der Waals surface area (Å²) in [6, 6.07) is 6.21. The minimum Gasteiger partial charge on any atom is -0.418 e. The summed E-state index contributed by atoms with van der Waals surface area (Å²) in [5.41, 5.74) is 4.08. The van der Waals surface area contributed by atoms with Crippen LogP contribution in [0, 0.1) is 13.8 Å². The first-order chi connectivity index (χ1) is 9.95. The Bertz CT molecular complexity index is 592. The van der Waals surface area contributed by atoms with E-state index in [0.717, 1.165) is 12.0 Å². The highest BCUT2D eigenvalue weighted by Gasteiger charge is 2.25. The molecule has 1 aliphatic rings. The van der Waals surface area contributed by atoms with E-state index >= 15 is 0 Å². The highest BCUT2D eigenvalue weighted by atomic mass is 16.7. The van der Waals surface area contributed by atoms with Crippen molar-refractivity contribution in [2.45, 2.75) is 33.5 Å². The number of carbonyl (C=O) groups excluding carboxylic acids is 2. The van der Waals surface area contributed by atoms with Gasteiger partial charge in [0, 0.05) is 18.2 Å². The first kappa shape index (κ1) is 15.1. The van der Waals surface area contributed by atoms with Crippen molar-refractivity contribution < 1.29 is 19.1 Å². The predicted molar refractivity (Wildman–Crippen MR) is 77.7 cm³/mol. The van der Waals surface area contributed by atoms with Crippen LogP contribution in [0.5, 0.6) is 0 Å². The van der Waals surface area contributed by atoms with Gasteiger partial charge in [-0.15, -0.1) is 0 Å². The molecule has 2 rings (SSSR count). The summed E-state index contributed by atoms with van der Waals surface area (Å²) in [5.74, 6) is -0.456. The minimum atomic E-state index is -0.917. The molecule has 1 aromatic rings. The SMILES string of the molecule is CC1=CC(OC(=O)NCCc2ccc(C)c(C)c2)OC1=O. The molecule has 1 amide bonds. The van der Waals surface area contributed by atoms with Gasteiger partial charge in [-0.05, 0) is 43.9 Å². The van der Waals surface area contributed by atoms with Crippen LogP contribution in [0.3, 0.4) is 0 Å². The summed E-state index contributed by atoms with van der Waals surface area (Å²) in [6.07, 6.45) is 0.683. The number of amides is 1. The fourth-order valence-electron chi connectivity index (χ4n) is 1.98. The molecule has 5 nitrogen and oxygen atoms in total. The maximum Gasteiger partial charge on any atom is 0.410 e. The Hall–Kier alpha value is -2.30. The summed E-state index contributed by atoms with van der Waals surface area (Å²) < 4.78 is 9.79. The van der Waals surface area contributed by atoms with Crippen LogP contribution in [-0.2, 0) is 20.7 Å². The lowest BCUT2D eigenvalue weighted by Gasteiger charge is -2.11. The lowest BCUT2D eigenvalue weighted by molar-refractivity contribution is -0.151. The molecule has 112 valence electrons. The average molecular weight is 289 g/mol. The molecule has 1 unspecified atom stereocenters. The van der Waals surface area contributed by atoms with Gasteiger partial charge in [0.05, 0.1) is 0 Å². The number of benzene rings is 1. The number of alkyl carbamates (subject to hydrolysis) is 1. The lowest BCUT2D eigenvalue weighted by Crippen LogP contribution is -2.30. The molecule has 21 heavy (non-hydrogen) atoms. The van der Waals surface area contributed by atoms with Crippen LogP contribution in [0.15, 0.2) is 29.8 Å². The van der Waals surface area contributed by atoms with Crippen molar-refractivity contribution in [1.82, 2.24) is 5.32 Å². The smallest absolute Gasteiger partial charge is 0.410 e. The zero-order valence-corrected chi connectivity index (χ0v) is 12.4.